The largest absolute Gasteiger partial charge is 1.00 e. The molecule has 0 unspecified atom stereocenters. The summed E-state index contributed by atoms with van der Waals surface area (Å²) in [5.74, 6) is 0. The molecule has 1 rings (SSSR count). The van der Waals surface area contributed by atoms with Gasteiger partial charge in [0.2, 0.25) is 0 Å². The number of thiophene rings is 1. The Bertz CT molecular complexity index is 269. The van der Waals surface area contributed by atoms with Gasteiger partial charge in [0.05, 0.1) is 0 Å². The van der Waals surface area contributed by atoms with E-state index in [1.165, 1.54) is 30.6 Å². The predicted octanol–water partition coefficient (Wildman–Crippen LogP) is -5.71. The first-order valence-electron chi connectivity index (χ1n) is 5.13. The molecule has 0 amide bonds. The third-order valence-electron chi connectivity index (χ3n) is 2.23. The van der Waals surface area contributed by atoms with Crippen molar-refractivity contribution in [1.82, 2.24) is 0 Å². The third kappa shape index (κ3) is 7.91. The summed E-state index contributed by atoms with van der Waals surface area (Å²) in [4.78, 5) is 0. The van der Waals surface area contributed by atoms with Gasteiger partial charge in [-0.25, -0.2) is 0 Å². The van der Waals surface area contributed by atoms with Crippen LogP contribution in [-0.2, 0) is 6.42 Å². The standard InChI is InChI=1S/C10H15BO2S.2Na/c1-2-3-4-5-6-9-7-10(11(12)13)14-8-9;;/h7-8H,2-6H2,1H3;;/q-2;2*+1. The molecule has 0 spiro atoms. The second-order valence-electron chi connectivity index (χ2n) is 3.50. The smallest absolute Gasteiger partial charge is 0.889 e. The van der Waals surface area contributed by atoms with Gasteiger partial charge in [-0.05, 0) is 23.8 Å². The first kappa shape index (κ1) is 20.0. The zero-order valence-corrected chi connectivity index (χ0v) is 15.3. The molecule has 1 heterocycles. The van der Waals surface area contributed by atoms with E-state index >= 15 is 0 Å². The van der Waals surface area contributed by atoms with Crippen LogP contribution in [0.3, 0.4) is 0 Å². The Labute approximate surface area is 147 Å². The Morgan fingerprint density at radius 2 is 1.88 bits per heavy atom. The summed E-state index contributed by atoms with van der Waals surface area (Å²) >= 11 is 1.30. The number of hydrogen-bond acceptors (Lipinski definition) is 3. The molecule has 16 heavy (non-hydrogen) atoms. The molecule has 0 bridgehead atoms. The van der Waals surface area contributed by atoms with E-state index in [4.69, 9.17) is 0 Å². The van der Waals surface area contributed by atoms with E-state index in [2.05, 4.69) is 6.92 Å². The van der Waals surface area contributed by atoms with Crippen molar-refractivity contribution in [2.24, 2.45) is 0 Å². The van der Waals surface area contributed by atoms with Crippen LogP contribution in [0.5, 0.6) is 0 Å². The molecule has 0 saturated carbocycles. The normalized spacial score (nSPS) is 9.19. The summed E-state index contributed by atoms with van der Waals surface area (Å²) in [5.41, 5.74) is 1.15. The summed E-state index contributed by atoms with van der Waals surface area (Å²) in [7, 11) is -1.80. The molecular formula is C10H15BNa2O2S. The quantitative estimate of drug-likeness (QED) is 0.376. The van der Waals surface area contributed by atoms with Crippen LogP contribution in [0.25, 0.3) is 0 Å². The summed E-state index contributed by atoms with van der Waals surface area (Å²) in [6.45, 7) is 2.18. The predicted molar refractivity (Wildman–Crippen MR) is 57.6 cm³/mol. The molecule has 0 aliphatic carbocycles. The van der Waals surface area contributed by atoms with E-state index in [9.17, 15) is 10.0 Å². The molecule has 0 aliphatic rings. The molecule has 0 aliphatic heterocycles. The molecule has 0 saturated heterocycles. The number of unbranched alkanes of at least 4 members (excludes halogenated alkanes) is 3. The SMILES string of the molecule is CCCCCCc1csc(B([O-])[O-])c1.[Na+].[Na+]. The molecule has 0 atom stereocenters. The van der Waals surface area contributed by atoms with Crippen LogP contribution in [0.4, 0.5) is 0 Å². The van der Waals surface area contributed by atoms with Crippen LogP contribution < -0.4 is 73.9 Å². The van der Waals surface area contributed by atoms with Crippen LogP contribution in [0.2, 0.25) is 0 Å². The summed E-state index contributed by atoms with van der Waals surface area (Å²) in [5, 5.41) is 23.1. The fraction of sp³-hybridized carbons (Fsp3) is 0.600. The van der Waals surface area contributed by atoms with Gasteiger partial charge in [-0.3, -0.25) is 0 Å². The average Bonchev–Trinajstić information content (AvgIpc) is 2.61. The minimum Gasteiger partial charge on any atom is -0.889 e. The van der Waals surface area contributed by atoms with E-state index in [0.717, 1.165) is 18.4 Å². The second-order valence-corrected chi connectivity index (χ2v) is 4.44. The zero-order valence-electron chi connectivity index (χ0n) is 10.5. The third-order valence-corrected chi connectivity index (χ3v) is 3.23. The molecule has 1 aromatic heterocycles. The Kier molecular flexibility index (Phi) is 14.7. The molecular weight excluding hydrogens is 241 g/mol. The van der Waals surface area contributed by atoms with Gasteiger partial charge >= 0.3 is 59.1 Å². The Morgan fingerprint density at radius 3 is 2.38 bits per heavy atom. The van der Waals surface area contributed by atoms with Crippen LogP contribution in [0, 0.1) is 0 Å². The monoisotopic (exact) mass is 256 g/mol. The van der Waals surface area contributed by atoms with E-state index in [1.54, 1.807) is 6.07 Å². The fourth-order valence-electron chi connectivity index (χ4n) is 1.41. The van der Waals surface area contributed by atoms with Gasteiger partial charge in [-0.15, -0.1) is 0 Å². The topological polar surface area (TPSA) is 46.1 Å². The van der Waals surface area contributed by atoms with Crippen LogP contribution in [0.1, 0.15) is 38.2 Å². The van der Waals surface area contributed by atoms with Crippen LogP contribution >= 0.6 is 11.3 Å². The van der Waals surface area contributed by atoms with E-state index < -0.39 is 7.12 Å². The summed E-state index contributed by atoms with van der Waals surface area (Å²) in [6, 6.07) is 1.77. The van der Waals surface area contributed by atoms with Crippen LogP contribution in [-0.4, -0.2) is 7.12 Å². The van der Waals surface area contributed by atoms with Crippen molar-refractivity contribution in [2.75, 3.05) is 0 Å². The van der Waals surface area contributed by atoms with E-state index in [0.29, 0.717) is 4.78 Å². The van der Waals surface area contributed by atoms with Gasteiger partial charge < -0.3 is 10.0 Å². The van der Waals surface area contributed by atoms with Gasteiger partial charge in [-0.1, -0.05) is 44.1 Å². The number of aryl methyl sites for hydroxylation is 1. The summed E-state index contributed by atoms with van der Waals surface area (Å²) in [6.07, 6.45) is 5.90. The Balaban J connectivity index is 0. The fourth-order valence-corrected chi connectivity index (χ4v) is 2.21. The van der Waals surface area contributed by atoms with Crippen molar-refractivity contribution < 1.29 is 69.2 Å². The molecule has 0 radical (unpaired) electrons. The maximum atomic E-state index is 10.6. The Morgan fingerprint density at radius 1 is 1.19 bits per heavy atom. The van der Waals surface area contributed by atoms with Crippen molar-refractivity contribution in [1.29, 1.82) is 0 Å². The van der Waals surface area contributed by atoms with Gasteiger partial charge in [0.25, 0.3) is 0 Å². The van der Waals surface area contributed by atoms with Crippen molar-refractivity contribution >= 4 is 23.2 Å². The second kappa shape index (κ2) is 11.8. The molecule has 6 heteroatoms. The van der Waals surface area contributed by atoms with E-state index in [1.807, 2.05) is 5.38 Å². The molecule has 2 nitrogen and oxygen atoms in total. The maximum Gasteiger partial charge on any atom is 1.00 e. The average molecular weight is 256 g/mol. The van der Waals surface area contributed by atoms with Gasteiger partial charge in [0.15, 0.2) is 0 Å². The van der Waals surface area contributed by atoms with Gasteiger partial charge in [0, 0.05) is 0 Å². The zero-order chi connectivity index (χ0) is 10.4. The Hall–Kier alpha value is 1.68. The van der Waals surface area contributed by atoms with E-state index in [-0.39, 0.29) is 59.1 Å². The first-order chi connectivity index (χ1) is 6.74. The minimum absolute atomic E-state index is 0. The summed E-state index contributed by atoms with van der Waals surface area (Å²) < 4.78 is 0.426. The first-order valence-corrected chi connectivity index (χ1v) is 6.01. The molecule has 78 valence electrons. The maximum absolute atomic E-state index is 10.6. The molecule has 0 aromatic carbocycles. The van der Waals surface area contributed by atoms with Crippen molar-refractivity contribution in [3.8, 4) is 0 Å². The van der Waals surface area contributed by atoms with Gasteiger partial charge in [-0.2, -0.15) is 11.3 Å². The van der Waals surface area contributed by atoms with Gasteiger partial charge in [0.1, 0.15) is 0 Å². The van der Waals surface area contributed by atoms with Crippen molar-refractivity contribution in [3.05, 3.63) is 17.0 Å². The van der Waals surface area contributed by atoms with Crippen LogP contribution in [0.15, 0.2) is 11.4 Å². The molecule has 0 fully saturated rings. The molecule has 0 N–H and O–H groups in total. The van der Waals surface area contributed by atoms with Crippen molar-refractivity contribution in [3.63, 3.8) is 0 Å². The van der Waals surface area contributed by atoms with Crippen molar-refractivity contribution in [2.45, 2.75) is 39.0 Å². The number of hydrogen-bond donors (Lipinski definition) is 0. The minimum atomic E-state index is -1.80. The number of rotatable bonds is 6. The molecule has 1 aromatic rings.